The van der Waals surface area contributed by atoms with Crippen LogP contribution >= 0.6 is 0 Å². The van der Waals surface area contributed by atoms with Crippen LogP contribution in [0.15, 0.2) is 377 Å². The lowest BCUT2D eigenvalue weighted by atomic mass is 10.0. The smallest absolute Gasteiger partial charge is 0.329 e. The van der Waals surface area contributed by atoms with Crippen LogP contribution < -0.4 is 64.5 Å². The number of ether oxygens (including phenoxy) is 1. The quantitative estimate of drug-likeness (QED) is 0.0216. The molecule has 0 aliphatic heterocycles. The van der Waals surface area contributed by atoms with Crippen molar-refractivity contribution < 1.29 is 76.8 Å². The predicted molar refractivity (Wildman–Crippen MR) is 510 cm³/mol. The molecule has 13 rings (SSSR count). The summed E-state index contributed by atoms with van der Waals surface area (Å²) in [5.41, 5.74) is 7.95. The maximum absolute atomic E-state index is 13.6. The third-order valence-electron chi connectivity index (χ3n) is 20.4. The number of carbonyl (C=O) groups is 8. The van der Waals surface area contributed by atoms with Crippen LogP contribution in [0, 0.1) is 13.8 Å². The van der Waals surface area contributed by atoms with Crippen LogP contribution in [0.3, 0.4) is 0 Å². The number of aryl methyl sites for hydroxylation is 2. The van der Waals surface area contributed by atoms with Crippen LogP contribution in [0.25, 0.3) is 10.8 Å². The van der Waals surface area contributed by atoms with Crippen molar-refractivity contribution >= 4 is 121 Å². The molecule has 682 valence electrons. The Morgan fingerprint density at radius 3 is 0.833 bits per heavy atom. The number of hydrogen-bond acceptors (Lipinski definition) is 17. The zero-order chi connectivity index (χ0) is 95.0. The van der Waals surface area contributed by atoms with E-state index < -0.39 is 94.3 Å². The van der Waals surface area contributed by atoms with Crippen molar-refractivity contribution in [2.45, 2.75) is 83.3 Å². The molecule has 4 atom stereocenters. The molecule has 0 heterocycles. The molecule has 0 radical (unpaired) electrons. The first-order chi connectivity index (χ1) is 63.2. The molecule has 0 unspecified atom stereocenters. The second-order valence-electron chi connectivity index (χ2n) is 30.0. The van der Waals surface area contributed by atoms with Gasteiger partial charge in [-0.05, 0) is 150 Å². The van der Waals surface area contributed by atoms with Crippen molar-refractivity contribution in [1.82, 2.24) is 40.2 Å². The summed E-state index contributed by atoms with van der Waals surface area (Å²) in [6.45, 7) is 3.87. The Bertz CT molecular complexity index is 6560. The minimum absolute atomic E-state index is 0.0436. The van der Waals surface area contributed by atoms with Gasteiger partial charge >= 0.3 is 24.1 Å². The van der Waals surface area contributed by atoms with Crippen LogP contribution in [0.4, 0.5) is 41.9 Å². The Morgan fingerprint density at radius 1 is 0.273 bits per heavy atom. The Hall–Kier alpha value is -15.3. The van der Waals surface area contributed by atoms with Gasteiger partial charge in [0.2, 0.25) is 23.6 Å². The number of likely N-dealkylation sites (N-methyl/N-ethyl adjacent to an activating group) is 4. The fourth-order valence-corrected chi connectivity index (χ4v) is 17.2. The van der Waals surface area contributed by atoms with Gasteiger partial charge in [0, 0.05) is 76.3 Å². The number of fused-ring (bicyclic) bond motifs is 1. The number of nitrogens with one attached hydrogen (secondary N) is 8. The van der Waals surface area contributed by atoms with Gasteiger partial charge in [0.1, 0.15) is 29.9 Å². The van der Waals surface area contributed by atoms with Gasteiger partial charge in [-0.15, -0.1) is 0 Å². The number of hydrogen-bond donors (Lipinski definition) is 8. The molecule has 0 aliphatic carbocycles. The third kappa shape index (κ3) is 29.1. The lowest BCUT2D eigenvalue weighted by molar-refractivity contribution is -0.120. The largest absolute Gasteiger partial charge is 0.497 e. The van der Waals surface area contributed by atoms with Crippen LogP contribution in [-0.2, 0) is 85.0 Å². The molecule has 13 aromatic rings. The molecule has 8 N–H and O–H groups in total. The summed E-state index contributed by atoms with van der Waals surface area (Å²) in [4.78, 5) is 109. The molecular weight excluding hydrogens is 1760 g/mol. The van der Waals surface area contributed by atoms with E-state index in [4.69, 9.17) is 4.74 Å². The number of carbonyl (C=O) groups excluding carboxylic acids is 8. The van der Waals surface area contributed by atoms with E-state index in [9.17, 15) is 72.0 Å². The van der Waals surface area contributed by atoms with Crippen LogP contribution in [0.1, 0.15) is 33.4 Å². The lowest BCUT2D eigenvalue weighted by Crippen LogP contribution is -2.52. The van der Waals surface area contributed by atoms with Gasteiger partial charge in [0.05, 0.1) is 32.4 Å². The molecule has 0 fully saturated rings. The minimum atomic E-state index is -4.09. The Labute approximate surface area is 768 Å². The van der Waals surface area contributed by atoms with E-state index in [1.54, 1.807) is 138 Å². The van der Waals surface area contributed by atoms with Crippen molar-refractivity contribution in [1.29, 1.82) is 0 Å². The van der Waals surface area contributed by atoms with Gasteiger partial charge in [-0.25, -0.2) is 71.7 Å². The summed E-state index contributed by atoms with van der Waals surface area (Å²) in [5.74, 6) is -0.880. The summed E-state index contributed by atoms with van der Waals surface area (Å²) in [7, 11) is -8.30. The number of methoxy groups -OCH3 is 1. The zero-order valence-corrected chi connectivity index (χ0v) is 76.3. The van der Waals surface area contributed by atoms with E-state index in [1.807, 2.05) is 239 Å². The van der Waals surface area contributed by atoms with Gasteiger partial charge < -0.3 is 45.6 Å². The molecule has 29 nitrogen and oxygen atoms in total. The Balaban J connectivity index is 0.000000183. The number of amides is 12. The average molecular weight is 1860 g/mol. The fourth-order valence-electron chi connectivity index (χ4n) is 13.4. The highest BCUT2D eigenvalue weighted by atomic mass is 32.2. The molecule has 12 amide bonds. The fraction of sp³-hybridized carbons (Fsp3) is 0.152. The second kappa shape index (κ2) is 47.1. The summed E-state index contributed by atoms with van der Waals surface area (Å²) in [6, 6.07) is 94.2. The SMILES string of the molecule is CN(C(=O)[C@H](Cc1ccccc1)NC(=O)NS(=O)(=O)c1ccccc1)c1cccc2ccccc12.COc1ccc(N(C)C(=O)[C@H](Cc2ccccc2)NC(=O)NS(=O)(=O)c2ccccc2)cc1.Cc1ccc(N(C)C(=O)[C@H](Cc2ccccc2)NC(=O)NS(=O)(=O)c2ccccc2)cc1.Cc1cccc(N(C)C(=O)[C@H](Cc2ccccc2)NC(=O)NS(=O)(=O)c2ccccc2)c1. The highest BCUT2D eigenvalue weighted by molar-refractivity contribution is 7.91. The number of rotatable bonds is 29. The van der Waals surface area contributed by atoms with E-state index in [0.29, 0.717) is 28.5 Å². The highest BCUT2D eigenvalue weighted by Crippen LogP contribution is 2.28. The van der Waals surface area contributed by atoms with Crippen LogP contribution in [0.5, 0.6) is 5.75 Å². The van der Waals surface area contributed by atoms with Crippen molar-refractivity contribution in [2.75, 3.05) is 54.9 Å². The number of nitrogens with zero attached hydrogens (tertiary/aromatic N) is 4. The Morgan fingerprint density at radius 2 is 0.530 bits per heavy atom. The predicted octanol–water partition coefficient (Wildman–Crippen LogP) is 13.6. The van der Waals surface area contributed by atoms with E-state index in [2.05, 4.69) is 21.3 Å². The number of sulfonamides is 4. The van der Waals surface area contributed by atoms with Gasteiger partial charge in [-0.3, -0.25) is 19.2 Å². The number of urea groups is 4. The summed E-state index contributed by atoms with van der Waals surface area (Å²) < 4.78 is 113. The van der Waals surface area contributed by atoms with Crippen molar-refractivity contribution in [3.8, 4) is 5.75 Å². The maximum Gasteiger partial charge on any atom is 0.329 e. The molecule has 33 heteroatoms. The van der Waals surface area contributed by atoms with Crippen molar-refractivity contribution in [3.63, 3.8) is 0 Å². The van der Waals surface area contributed by atoms with Crippen molar-refractivity contribution in [2.24, 2.45) is 0 Å². The summed E-state index contributed by atoms with van der Waals surface area (Å²) >= 11 is 0. The zero-order valence-electron chi connectivity index (χ0n) is 73.1. The molecule has 0 aliphatic rings. The van der Waals surface area contributed by atoms with Crippen molar-refractivity contribution in [3.05, 3.63) is 391 Å². The molecule has 0 spiro atoms. The third-order valence-corrected chi connectivity index (χ3v) is 25.8. The first-order valence-electron chi connectivity index (χ1n) is 41.2. The number of anilines is 4. The van der Waals surface area contributed by atoms with E-state index in [1.165, 1.54) is 68.1 Å². The molecule has 13 aromatic carbocycles. The Kier molecular flexibility index (Phi) is 35.3. The van der Waals surface area contributed by atoms with E-state index >= 15 is 0 Å². The number of benzene rings is 13. The van der Waals surface area contributed by atoms with Crippen LogP contribution in [0.2, 0.25) is 0 Å². The maximum atomic E-state index is 13.6. The monoisotopic (exact) mass is 1860 g/mol. The summed E-state index contributed by atoms with van der Waals surface area (Å²) in [5, 5.41) is 12.0. The lowest BCUT2D eigenvalue weighted by Gasteiger charge is -2.26. The molecule has 132 heavy (non-hydrogen) atoms. The summed E-state index contributed by atoms with van der Waals surface area (Å²) in [6.07, 6.45) is 0.774. The first-order valence-corrected chi connectivity index (χ1v) is 47.1. The van der Waals surface area contributed by atoms with E-state index in [-0.39, 0.29) is 63.0 Å². The molecule has 0 saturated heterocycles. The van der Waals surface area contributed by atoms with E-state index in [0.717, 1.165) is 44.2 Å². The van der Waals surface area contributed by atoms with Gasteiger partial charge in [0.25, 0.3) is 40.1 Å². The standard InChI is InChI=1S/C27H25N3O4S.C24H25N3O5S.2C24H25N3O4S/c1-30(25-18-10-14-21-13-8-9-17-23(21)25)26(31)24(19-20-11-4-2-5-12-20)28-27(32)29-35(33,34)22-15-6-3-7-16-22;1-27(19-13-15-20(32-2)16-14-19)23(28)22(17-18-9-5-3-6-10-18)25-24(29)26-33(30,31)21-11-7-4-8-12-21;1-18-10-9-13-20(16-18)27(2)23(28)22(17-19-11-5-3-6-12-19)25-24(29)26-32(30,31)21-14-7-4-8-15-21;1-18-13-15-20(16-14-18)27(2)23(28)22(17-19-9-5-3-6-10-19)25-24(29)26-32(30,31)21-11-7-4-8-12-21/h2-18,24H,19H2,1H3,(H2,28,29,32);3-16,22H,17H2,1-2H3,(H2,25,26,29);2*3-16,22H,17H2,1-2H3,(H2,25,26,29)/t24-;3*22-/m0000/s1. The minimum Gasteiger partial charge on any atom is -0.497 e. The van der Waals surface area contributed by atoms with Gasteiger partial charge in [0.15, 0.2) is 0 Å². The molecule has 0 saturated carbocycles. The topological polar surface area (TPSA) is 392 Å². The van der Waals surface area contributed by atoms with Gasteiger partial charge in [-0.2, -0.15) is 0 Å². The second-order valence-corrected chi connectivity index (χ2v) is 36.7. The molecule has 0 aromatic heterocycles. The first kappa shape index (κ1) is 98.9. The highest BCUT2D eigenvalue weighted by Gasteiger charge is 2.33. The molecule has 0 bridgehead atoms. The van der Waals surface area contributed by atoms with Gasteiger partial charge in [-0.1, -0.05) is 260 Å². The molecular formula is C99H100N12O17S4. The normalized spacial score (nSPS) is 11.9. The van der Waals surface area contributed by atoms with Crippen LogP contribution in [-0.4, -0.2) is 141 Å². The average Bonchev–Trinajstić information content (AvgIpc) is 0.800.